The molecule has 0 heterocycles. The van der Waals surface area contributed by atoms with Crippen LogP contribution in [0, 0.1) is 11.3 Å². The molecule has 0 aliphatic heterocycles. The molecule has 3 N–H and O–H groups in total. The quantitative estimate of drug-likeness (QED) is 0.605. The minimum atomic E-state index is 0.130. The third-order valence-corrected chi connectivity index (χ3v) is 1.16. The van der Waals surface area contributed by atoms with Crippen molar-refractivity contribution in [2.45, 2.75) is 46.3 Å². The highest BCUT2D eigenvalue weighted by molar-refractivity contribution is 4.59. The van der Waals surface area contributed by atoms with Gasteiger partial charge in [-0.2, -0.15) is 5.26 Å². The Morgan fingerprint density at radius 3 is 2.00 bits per heavy atom. The van der Waals surface area contributed by atoms with Crippen LogP contribution in [0.1, 0.15) is 34.1 Å². The predicted octanol–water partition coefficient (Wildman–Crippen LogP) is 1.21. The lowest BCUT2D eigenvalue weighted by molar-refractivity contribution is 0.467. The van der Waals surface area contributed by atoms with Gasteiger partial charge >= 0.3 is 0 Å². The van der Waals surface area contributed by atoms with E-state index in [2.05, 4.69) is 19.2 Å². The summed E-state index contributed by atoms with van der Waals surface area (Å²) in [5, 5.41) is 10.5. The van der Waals surface area contributed by atoms with Crippen LogP contribution in [0.3, 0.4) is 0 Å². The molecule has 11 heavy (non-hydrogen) atoms. The Morgan fingerprint density at radius 2 is 1.91 bits per heavy atom. The number of nitriles is 1. The van der Waals surface area contributed by atoms with E-state index in [0.29, 0.717) is 6.04 Å². The van der Waals surface area contributed by atoms with E-state index in [-0.39, 0.29) is 6.17 Å². The summed E-state index contributed by atoms with van der Waals surface area (Å²) in [6.45, 7) is 7.65. The Kier molecular flexibility index (Phi) is 11.1. The summed E-state index contributed by atoms with van der Waals surface area (Å²) >= 11 is 0. The van der Waals surface area contributed by atoms with Crippen LogP contribution in [0.25, 0.3) is 0 Å². The van der Waals surface area contributed by atoms with Gasteiger partial charge in [-0.1, -0.05) is 6.92 Å². The van der Waals surface area contributed by atoms with Crippen LogP contribution in [0.2, 0.25) is 0 Å². The van der Waals surface area contributed by atoms with Crippen molar-refractivity contribution in [1.82, 2.24) is 5.32 Å². The van der Waals surface area contributed by atoms with E-state index >= 15 is 0 Å². The van der Waals surface area contributed by atoms with E-state index in [1.165, 1.54) is 6.92 Å². The van der Waals surface area contributed by atoms with Crippen molar-refractivity contribution in [2.24, 2.45) is 5.73 Å². The number of rotatable bonds is 3. The van der Waals surface area contributed by atoms with E-state index < -0.39 is 0 Å². The fraction of sp³-hybridized carbons (Fsp3) is 0.875. The first-order chi connectivity index (χ1) is 5.08. The van der Waals surface area contributed by atoms with Crippen molar-refractivity contribution in [3.63, 3.8) is 0 Å². The van der Waals surface area contributed by atoms with Crippen molar-refractivity contribution >= 4 is 0 Å². The maximum atomic E-state index is 7.32. The average Bonchev–Trinajstić information content (AvgIpc) is 1.88. The maximum absolute atomic E-state index is 7.32. The Bertz CT molecular complexity index is 104. The van der Waals surface area contributed by atoms with Crippen LogP contribution < -0.4 is 11.1 Å². The molecule has 66 valence electrons. The molecule has 0 aromatic heterocycles. The first-order valence-corrected chi connectivity index (χ1v) is 3.90. The molecule has 2 unspecified atom stereocenters. The van der Waals surface area contributed by atoms with Gasteiger partial charge in [0.25, 0.3) is 0 Å². The fourth-order valence-corrected chi connectivity index (χ4v) is 0.567. The Balaban J connectivity index is 0. The second kappa shape index (κ2) is 9.41. The molecule has 0 aromatic carbocycles. The lowest BCUT2D eigenvalue weighted by Crippen LogP contribution is -2.39. The SMILES string of the molecule is CC#N.CCC(C)NC(C)N. The van der Waals surface area contributed by atoms with Crippen molar-refractivity contribution in [3.8, 4) is 6.07 Å². The van der Waals surface area contributed by atoms with E-state index in [9.17, 15) is 0 Å². The molecule has 0 saturated heterocycles. The van der Waals surface area contributed by atoms with Crippen molar-refractivity contribution in [1.29, 1.82) is 5.26 Å². The number of hydrogen-bond donors (Lipinski definition) is 2. The van der Waals surface area contributed by atoms with Gasteiger partial charge in [0.15, 0.2) is 0 Å². The topological polar surface area (TPSA) is 61.8 Å². The maximum Gasteiger partial charge on any atom is 0.0587 e. The normalized spacial score (nSPS) is 13.8. The summed E-state index contributed by atoms with van der Waals surface area (Å²) in [6.07, 6.45) is 1.27. The average molecular weight is 157 g/mol. The Morgan fingerprint density at radius 1 is 1.55 bits per heavy atom. The molecule has 0 saturated carbocycles. The lowest BCUT2D eigenvalue weighted by Gasteiger charge is -2.13. The minimum absolute atomic E-state index is 0.130. The van der Waals surface area contributed by atoms with E-state index in [4.69, 9.17) is 11.0 Å². The molecule has 3 nitrogen and oxygen atoms in total. The zero-order valence-electron chi connectivity index (χ0n) is 7.89. The van der Waals surface area contributed by atoms with Crippen LogP contribution in [-0.2, 0) is 0 Å². The van der Waals surface area contributed by atoms with Crippen LogP contribution in [0.15, 0.2) is 0 Å². The smallest absolute Gasteiger partial charge is 0.0587 e. The molecule has 0 radical (unpaired) electrons. The molecule has 0 aliphatic carbocycles. The second-order valence-electron chi connectivity index (χ2n) is 2.49. The molecule has 3 heteroatoms. The molecule has 2 atom stereocenters. The predicted molar refractivity (Wildman–Crippen MR) is 47.8 cm³/mol. The summed E-state index contributed by atoms with van der Waals surface area (Å²) in [5.41, 5.74) is 5.46. The van der Waals surface area contributed by atoms with Gasteiger partial charge in [-0.15, -0.1) is 0 Å². The number of hydrogen-bond acceptors (Lipinski definition) is 3. The molecule has 0 aliphatic rings. The van der Waals surface area contributed by atoms with Crippen LogP contribution >= 0.6 is 0 Å². The van der Waals surface area contributed by atoms with E-state index in [0.717, 1.165) is 6.42 Å². The largest absolute Gasteiger partial charge is 0.316 e. The summed E-state index contributed by atoms with van der Waals surface area (Å²) < 4.78 is 0. The van der Waals surface area contributed by atoms with Crippen molar-refractivity contribution < 1.29 is 0 Å². The molecule has 0 spiro atoms. The Hall–Kier alpha value is -0.590. The molecule has 0 fully saturated rings. The van der Waals surface area contributed by atoms with Crippen molar-refractivity contribution in [3.05, 3.63) is 0 Å². The highest BCUT2D eigenvalue weighted by atomic mass is 15.0. The van der Waals surface area contributed by atoms with Gasteiger partial charge < -0.3 is 5.73 Å². The highest BCUT2D eigenvalue weighted by Gasteiger charge is 1.97. The first-order valence-electron chi connectivity index (χ1n) is 3.90. The summed E-state index contributed by atoms with van der Waals surface area (Å²) in [6, 6.07) is 2.30. The number of nitrogens with one attached hydrogen (secondary N) is 1. The molecule has 0 bridgehead atoms. The third-order valence-electron chi connectivity index (χ3n) is 1.16. The second-order valence-corrected chi connectivity index (χ2v) is 2.49. The monoisotopic (exact) mass is 157 g/mol. The van der Waals surface area contributed by atoms with Gasteiger partial charge in [0, 0.05) is 13.0 Å². The molecular formula is C8H19N3. The standard InChI is InChI=1S/C6H16N2.C2H3N/c1-4-5(2)8-6(3)7;1-2-3/h5-6,8H,4,7H2,1-3H3;1H3. The highest BCUT2D eigenvalue weighted by Crippen LogP contribution is 1.86. The zero-order chi connectivity index (χ0) is 9.28. The summed E-state index contributed by atoms with van der Waals surface area (Å²) in [4.78, 5) is 0. The van der Waals surface area contributed by atoms with Crippen LogP contribution in [-0.4, -0.2) is 12.2 Å². The molecular weight excluding hydrogens is 138 g/mol. The lowest BCUT2D eigenvalue weighted by atomic mass is 10.2. The van der Waals surface area contributed by atoms with Crippen LogP contribution in [0.5, 0.6) is 0 Å². The first kappa shape index (κ1) is 13.0. The molecule has 0 rings (SSSR count). The number of nitrogens with zero attached hydrogens (tertiary/aromatic N) is 1. The minimum Gasteiger partial charge on any atom is -0.316 e. The molecule has 0 amide bonds. The third kappa shape index (κ3) is 17.7. The van der Waals surface area contributed by atoms with Gasteiger partial charge in [0.05, 0.1) is 12.2 Å². The van der Waals surface area contributed by atoms with Gasteiger partial charge in [0.2, 0.25) is 0 Å². The van der Waals surface area contributed by atoms with E-state index in [1.54, 1.807) is 6.07 Å². The molecule has 0 aromatic rings. The summed E-state index contributed by atoms with van der Waals surface area (Å²) in [5.74, 6) is 0. The Labute approximate surface area is 69.6 Å². The van der Waals surface area contributed by atoms with Gasteiger partial charge in [-0.25, -0.2) is 0 Å². The zero-order valence-corrected chi connectivity index (χ0v) is 7.89. The van der Waals surface area contributed by atoms with Gasteiger partial charge in [-0.05, 0) is 20.3 Å². The van der Waals surface area contributed by atoms with E-state index in [1.807, 2.05) is 6.92 Å². The van der Waals surface area contributed by atoms with Gasteiger partial charge in [0.1, 0.15) is 0 Å². The summed E-state index contributed by atoms with van der Waals surface area (Å²) in [7, 11) is 0. The van der Waals surface area contributed by atoms with Crippen LogP contribution in [0.4, 0.5) is 0 Å². The fourth-order valence-electron chi connectivity index (χ4n) is 0.567. The number of nitrogens with two attached hydrogens (primary N) is 1. The van der Waals surface area contributed by atoms with Crippen molar-refractivity contribution in [2.75, 3.05) is 0 Å². The van der Waals surface area contributed by atoms with Gasteiger partial charge in [-0.3, -0.25) is 5.32 Å².